The molecule has 4 N–H and O–H groups in total. The lowest BCUT2D eigenvalue weighted by molar-refractivity contribution is -0.115. The highest BCUT2D eigenvalue weighted by atomic mass is 16.2. The van der Waals surface area contributed by atoms with Gasteiger partial charge in [-0.05, 0) is 24.3 Å². The molecule has 136 valence electrons. The SMILES string of the molecule is CCC(=O)Nc1ccc(C(=O)NCCNC(=O)c2cc(=O)[nH]cn2)cc1. The number of aromatic amines is 1. The second-order valence-corrected chi connectivity index (χ2v) is 5.29. The van der Waals surface area contributed by atoms with E-state index in [1.807, 2.05) is 0 Å². The summed E-state index contributed by atoms with van der Waals surface area (Å²) in [5, 5.41) is 7.91. The summed E-state index contributed by atoms with van der Waals surface area (Å²) in [4.78, 5) is 52.3. The maximum atomic E-state index is 12.0. The Morgan fingerprint density at radius 3 is 2.31 bits per heavy atom. The molecule has 0 saturated carbocycles. The van der Waals surface area contributed by atoms with Crippen LogP contribution in [0.3, 0.4) is 0 Å². The van der Waals surface area contributed by atoms with Crippen LogP contribution in [0, 0.1) is 0 Å². The van der Waals surface area contributed by atoms with E-state index in [0.717, 1.165) is 12.4 Å². The molecule has 0 radical (unpaired) electrons. The molecular weight excluding hydrogens is 338 g/mol. The molecule has 9 nitrogen and oxygen atoms in total. The van der Waals surface area contributed by atoms with Crippen LogP contribution in [-0.2, 0) is 4.79 Å². The van der Waals surface area contributed by atoms with Gasteiger partial charge >= 0.3 is 0 Å². The van der Waals surface area contributed by atoms with Crippen molar-refractivity contribution in [1.82, 2.24) is 20.6 Å². The van der Waals surface area contributed by atoms with Crippen molar-refractivity contribution in [3.63, 3.8) is 0 Å². The molecule has 1 heterocycles. The van der Waals surface area contributed by atoms with Crippen LogP contribution in [0.5, 0.6) is 0 Å². The fourth-order valence-electron chi connectivity index (χ4n) is 1.99. The second kappa shape index (κ2) is 9.11. The van der Waals surface area contributed by atoms with E-state index < -0.39 is 11.5 Å². The summed E-state index contributed by atoms with van der Waals surface area (Å²) >= 11 is 0. The van der Waals surface area contributed by atoms with E-state index in [1.54, 1.807) is 31.2 Å². The second-order valence-electron chi connectivity index (χ2n) is 5.29. The molecule has 26 heavy (non-hydrogen) atoms. The lowest BCUT2D eigenvalue weighted by atomic mass is 10.2. The number of amides is 3. The molecule has 0 atom stereocenters. The number of nitrogens with zero attached hydrogens (tertiary/aromatic N) is 1. The average Bonchev–Trinajstić information content (AvgIpc) is 2.65. The summed E-state index contributed by atoms with van der Waals surface area (Å²) in [5.41, 5.74) is 0.634. The third kappa shape index (κ3) is 5.55. The molecule has 0 unspecified atom stereocenters. The fraction of sp³-hybridized carbons (Fsp3) is 0.235. The minimum Gasteiger partial charge on any atom is -0.350 e. The summed E-state index contributed by atoms with van der Waals surface area (Å²) < 4.78 is 0. The number of aromatic nitrogens is 2. The van der Waals surface area contributed by atoms with E-state index in [2.05, 4.69) is 25.9 Å². The van der Waals surface area contributed by atoms with Crippen LogP contribution in [0.25, 0.3) is 0 Å². The number of anilines is 1. The lowest BCUT2D eigenvalue weighted by Crippen LogP contribution is -2.35. The molecule has 1 aromatic carbocycles. The fourth-order valence-corrected chi connectivity index (χ4v) is 1.99. The van der Waals surface area contributed by atoms with E-state index in [-0.39, 0.29) is 30.6 Å². The number of hydrogen-bond acceptors (Lipinski definition) is 5. The number of hydrogen-bond donors (Lipinski definition) is 4. The van der Waals surface area contributed by atoms with Gasteiger partial charge in [-0.2, -0.15) is 0 Å². The van der Waals surface area contributed by atoms with Gasteiger partial charge in [0.25, 0.3) is 17.4 Å². The smallest absolute Gasteiger partial charge is 0.270 e. The predicted molar refractivity (Wildman–Crippen MR) is 94.9 cm³/mol. The highest BCUT2D eigenvalue weighted by molar-refractivity contribution is 5.96. The Balaban J connectivity index is 1.77. The first-order valence-electron chi connectivity index (χ1n) is 8.00. The molecule has 9 heteroatoms. The number of rotatable bonds is 7. The van der Waals surface area contributed by atoms with Crippen molar-refractivity contribution in [2.24, 2.45) is 0 Å². The van der Waals surface area contributed by atoms with E-state index in [0.29, 0.717) is 17.7 Å². The molecule has 0 aliphatic heterocycles. The predicted octanol–water partition coefficient (Wildman–Crippen LogP) is 0.278. The van der Waals surface area contributed by atoms with Crippen molar-refractivity contribution in [3.8, 4) is 0 Å². The first-order chi connectivity index (χ1) is 12.5. The number of nitrogens with one attached hydrogen (secondary N) is 4. The number of carbonyl (C=O) groups is 3. The summed E-state index contributed by atoms with van der Waals surface area (Å²) in [6.45, 7) is 2.15. The van der Waals surface area contributed by atoms with E-state index >= 15 is 0 Å². The van der Waals surface area contributed by atoms with Crippen molar-refractivity contribution in [1.29, 1.82) is 0 Å². The van der Waals surface area contributed by atoms with E-state index in [1.165, 1.54) is 0 Å². The van der Waals surface area contributed by atoms with Gasteiger partial charge < -0.3 is 20.9 Å². The Kier molecular flexibility index (Phi) is 6.60. The summed E-state index contributed by atoms with van der Waals surface area (Å²) in [6, 6.07) is 7.57. The number of carbonyl (C=O) groups excluding carboxylic acids is 3. The highest BCUT2D eigenvalue weighted by Gasteiger charge is 2.08. The van der Waals surface area contributed by atoms with Crippen LogP contribution in [0.15, 0.2) is 41.5 Å². The third-order valence-electron chi connectivity index (χ3n) is 3.36. The molecule has 1 aromatic heterocycles. The van der Waals surface area contributed by atoms with Crippen LogP contribution in [0.2, 0.25) is 0 Å². The van der Waals surface area contributed by atoms with Crippen molar-refractivity contribution >= 4 is 23.4 Å². The number of benzene rings is 1. The molecule has 2 aromatic rings. The zero-order valence-corrected chi connectivity index (χ0v) is 14.2. The Morgan fingerprint density at radius 1 is 1.04 bits per heavy atom. The van der Waals surface area contributed by atoms with Crippen molar-refractivity contribution < 1.29 is 14.4 Å². The molecular formula is C17H19N5O4. The maximum Gasteiger partial charge on any atom is 0.270 e. The van der Waals surface area contributed by atoms with Gasteiger partial charge in [0.05, 0.1) is 6.33 Å². The Morgan fingerprint density at radius 2 is 1.69 bits per heavy atom. The van der Waals surface area contributed by atoms with E-state index in [9.17, 15) is 19.2 Å². The third-order valence-corrected chi connectivity index (χ3v) is 3.36. The Bertz CT molecular complexity index is 845. The first-order valence-corrected chi connectivity index (χ1v) is 8.00. The van der Waals surface area contributed by atoms with Gasteiger partial charge in [0, 0.05) is 36.8 Å². The molecule has 0 aliphatic carbocycles. The van der Waals surface area contributed by atoms with Crippen LogP contribution in [0.1, 0.15) is 34.2 Å². The van der Waals surface area contributed by atoms with Crippen molar-refractivity contribution in [2.75, 3.05) is 18.4 Å². The van der Waals surface area contributed by atoms with Crippen LogP contribution >= 0.6 is 0 Å². The van der Waals surface area contributed by atoms with Gasteiger partial charge in [-0.25, -0.2) is 4.98 Å². The van der Waals surface area contributed by atoms with E-state index in [4.69, 9.17) is 0 Å². The highest BCUT2D eigenvalue weighted by Crippen LogP contribution is 2.09. The number of H-pyrrole nitrogens is 1. The van der Waals surface area contributed by atoms with Gasteiger partial charge in [0.1, 0.15) is 5.69 Å². The summed E-state index contributed by atoms with van der Waals surface area (Å²) in [6.07, 6.45) is 1.52. The minimum absolute atomic E-state index is 0.00444. The zero-order chi connectivity index (χ0) is 18.9. The monoisotopic (exact) mass is 357 g/mol. The van der Waals surface area contributed by atoms with Crippen molar-refractivity contribution in [2.45, 2.75) is 13.3 Å². The Hall–Kier alpha value is -3.49. The Labute approximate surface area is 149 Å². The van der Waals surface area contributed by atoms with Crippen LogP contribution in [0.4, 0.5) is 5.69 Å². The lowest BCUT2D eigenvalue weighted by Gasteiger charge is -2.08. The molecule has 2 rings (SSSR count). The largest absolute Gasteiger partial charge is 0.350 e. The molecule has 3 amide bonds. The molecule has 0 spiro atoms. The molecule has 0 saturated heterocycles. The van der Waals surface area contributed by atoms with Gasteiger partial charge in [0.15, 0.2) is 0 Å². The van der Waals surface area contributed by atoms with Crippen LogP contribution < -0.4 is 21.5 Å². The molecule has 0 aliphatic rings. The summed E-state index contributed by atoms with van der Waals surface area (Å²) in [7, 11) is 0. The van der Waals surface area contributed by atoms with Crippen LogP contribution in [-0.4, -0.2) is 40.8 Å². The minimum atomic E-state index is -0.499. The zero-order valence-electron chi connectivity index (χ0n) is 14.2. The standard InChI is InChI=1S/C17H19N5O4/c1-2-14(23)22-12-5-3-11(4-6-12)16(25)18-7-8-19-17(26)13-9-15(24)21-10-20-13/h3-6,9-10H,2,7-8H2,1H3,(H,18,25)(H,19,26)(H,22,23)(H,20,21,24). The average molecular weight is 357 g/mol. The topological polar surface area (TPSA) is 133 Å². The maximum absolute atomic E-state index is 12.0. The van der Waals surface area contributed by atoms with Crippen molar-refractivity contribution in [3.05, 3.63) is 58.3 Å². The van der Waals surface area contributed by atoms with Gasteiger partial charge in [0.2, 0.25) is 5.91 Å². The molecule has 0 fully saturated rings. The summed E-state index contributed by atoms with van der Waals surface area (Å²) in [5.74, 6) is -0.906. The quantitative estimate of drug-likeness (QED) is 0.528. The van der Waals surface area contributed by atoms with Gasteiger partial charge in [-0.3, -0.25) is 19.2 Å². The normalized spacial score (nSPS) is 10.0. The molecule has 0 bridgehead atoms. The first kappa shape index (κ1) is 18.8. The van der Waals surface area contributed by atoms with Gasteiger partial charge in [-0.15, -0.1) is 0 Å². The van der Waals surface area contributed by atoms with Gasteiger partial charge in [-0.1, -0.05) is 6.92 Å².